The van der Waals surface area contributed by atoms with Gasteiger partial charge in [0, 0.05) is 0 Å². The summed E-state index contributed by atoms with van der Waals surface area (Å²) >= 11 is 1.50. The molecule has 0 radical (unpaired) electrons. The molecule has 0 spiro atoms. The van der Waals surface area contributed by atoms with Crippen LogP contribution in [0.2, 0.25) is 0 Å². The number of rotatable bonds is 6. The average molecular weight is 421 g/mol. The number of carbonyl (C=O) groups excluding carboxylic acids is 1. The van der Waals surface area contributed by atoms with Crippen LogP contribution in [0.3, 0.4) is 0 Å². The fraction of sp³-hybridized carbons (Fsp3) is 0.0455. The standard InChI is InChI=1S/C22H16FN3O3S/c1-28-19-12-14(13-24-26-22-25-17-8-4-5-9-20(17)30-22)10-11-18(19)29-21(27)15-6-2-3-7-16(15)23/h2-13H,1H3,(H,25,26). The number of fused-ring (bicyclic) bond motifs is 1. The molecule has 0 amide bonds. The van der Waals surface area contributed by atoms with Crippen LogP contribution in [0.4, 0.5) is 9.52 Å². The number of anilines is 1. The van der Waals surface area contributed by atoms with Crippen molar-refractivity contribution in [1.82, 2.24) is 4.98 Å². The molecule has 0 bridgehead atoms. The molecule has 0 saturated heterocycles. The Morgan fingerprint density at radius 1 is 1.10 bits per heavy atom. The van der Waals surface area contributed by atoms with Crippen LogP contribution in [-0.4, -0.2) is 24.3 Å². The van der Waals surface area contributed by atoms with E-state index in [0.717, 1.165) is 10.2 Å². The summed E-state index contributed by atoms with van der Waals surface area (Å²) in [6, 6.07) is 18.4. The third kappa shape index (κ3) is 4.28. The molecule has 0 atom stereocenters. The van der Waals surface area contributed by atoms with Crippen molar-refractivity contribution in [1.29, 1.82) is 0 Å². The van der Waals surface area contributed by atoms with E-state index >= 15 is 0 Å². The second-order valence-electron chi connectivity index (χ2n) is 6.14. The van der Waals surface area contributed by atoms with Crippen molar-refractivity contribution < 1.29 is 18.7 Å². The van der Waals surface area contributed by atoms with Crippen LogP contribution >= 0.6 is 11.3 Å². The van der Waals surface area contributed by atoms with Gasteiger partial charge >= 0.3 is 5.97 Å². The van der Waals surface area contributed by atoms with Crippen molar-refractivity contribution in [3.05, 3.63) is 83.7 Å². The normalized spacial score (nSPS) is 11.0. The fourth-order valence-electron chi connectivity index (χ4n) is 2.71. The number of ether oxygens (including phenoxy) is 2. The van der Waals surface area contributed by atoms with E-state index in [4.69, 9.17) is 9.47 Å². The molecule has 0 unspecified atom stereocenters. The number of nitrogens with zero attached hydrogens (tertiary/aromatic N) is 2. The first-order valence-electron chi connectivity index (χ1n) is 8.93. The van der Waals surface area contributed by atoms with Crippen LogP contribution in [0, 0.1) is 5.82 Å². The topological polar surface area (TPSA) is 72.8 Å². The molecule has 1 aromatic heterocycles. The van der Waals surface area contributed by atoms with Gasteiger partial charge in [0.15, 0.2) is 11.5 Å². The van der Waals surface area contributed by atoms with Crippen LogP contribution in [-0.2, 0) is 0 Å². The SMILES string of the molecule is COc1cc(C=NNc2nc3ccccc3s2)ccc1OC(=O)c1ccccc1F. The Labute approximate surface area is 175 Å². The van der Waals surface area contributed by atoms with Crippen molar-refractivity contribution >= 4 is 38.9 Å². The van der Waals surface area contributed by atoms with Gasteiger partial charge in [-0.25, -0.2) is 14.2 Å². The summed E-state index contributed by atoms with van der Waals surface area (Å²) in [6.07, 6.45) is 1.59. The maximum absolute atomic E-state index is 13.8. The number of para-hydroxylation sites is 1. The lowest BCUT2D eigenvalue weighted by Crippen LogP contribution is -2.11. The Morgan fingerprint density at radius 2 is 1.90 bits per heavy atom. The Kier molecular flexibility index (Phi) is 5.67. The minimum atomic E-state index is -0.801. The Balaban J connectivity index is 1.47. The lowest BCUT2D eigenvalue weighted by Gasteiger charge is -2.10. The van der Waals surface area contributed by atoms with Gasteiger partial charge in [0.25, 0.3) is 0 Å². The molecule has 6 nitrogen and oxygen atoms in total. The molecule has 0 aliphatic carbocycles. The summed E-state index contributed by atoms with van der Waals surface area (Å²) in [5.41, 5.74) is 4.38. The molecular weight excluding hydrogens is 405 g/mol. The number of benzene rings is 3. The number of hydrazone groups is 1. The fourth-order valence-corrected chi connectivity index (χ4v) is 3.53. The van der Waals surface area contributed by atoms with Gasteiger partial charge in [-0.2, -0.15) is 5.10 Å². The Hall–Kier alpha value is -3.78. The number of hydrogen-bond donors (Lipinski definition) is 1. The first kappa shape index (κ1) is 19.5. The van der Waals surface area contributed by atoms with E-state index in [-0.39, 0.29) is 11.3 Å². The molecule has 4 aromatic rings. The predicted octanol–water partition coefficient (Wildman–Crippen LogP) is 5.11. The first-order chi connectivity index (χ1) is 14.6. The minimum Gasteiger partial charge on any atom is -0.493 e. The van der Waals surface area contributed by atoms with E-state index in [9.17, 15) is 9.18 Å². The zero-order chi connectivity index (χ0) is 20.9. The van der Waals surface area contributed by atoms with Crippen LogP contribution in [0.5, 0.6) is 11.5 Å². The molecule has 1 heterocycles. The Morgan fingerprint density at radius 3 is 2.70 bits per heavy atom. The number of hydrogen-bond acceptors (Lipinski definition) is 7. The molecule has 0 fully saturated rings. The highest BCUT2D eigenvalue weighted by Gasteiger charge is 2.16. The average Bonchev–Trinajstić information content (AvgIpc) is 3.17. The highest BCUT2D eigenvalue weighted by Crippen LogP contribution is 2.29. The van der Waals surface area contributed by atoms with Gasteiger partial charge in [-0.05, 0) is 48.0 Å². The van der Waals surface area contributed by atoms with Gasteiger partial charge < -0.3 is 9.47 Å². The van der Waals surface area contributed by atoms with Crippen molar-refractivity contribution in [3.8, 4) is 11.5 Å². The van der Waals surface area contributed by atoms with Gasteiger partial charge in [-0.1, -0.05) is 35.6 Å². The number of esters is 1. The van der Waals surface area contributed by atoms with E-state index in [1.165, 1.54) is 36.6 Å². The smallest absolute Gasteiger partial charge is 0.346 e. The van der Waals surface area contributed by atoms with Crippen molar-refractivity contribution in [2.24, 2.45) is 5.10 Å². The number of nitrogens with one attached hydrogen (secondary N) is 1. The van der Waals surface area contributed by atoms with Gasteiger partial charge in [0.05, 0.1) is 29.1 Å². The van der Waals surface area contributed by atoms with Gasteiger partial charge in [0.2, 0.25) is 5.13 Å². The third-order valence-electron chi connectivity index (χ3n) is 4.15. The highest BCUT2D eigenvalue weighted by atomic mass is 32.1. The molecule has 0 aliphatic heterocycles. The van der Waals surface area contributed by atoms with Crippen LogP contribution in [0.1, 0.15) is 15.9 Å². The number of aromatic nitrogens is 1. The van der Waals surface area contributed by atoms with Gasteiger partial charge in [-0.15, -0.1) is 0 Å². The summed E-state index contributed by atoms with van der Waals surface area (Å²) in [4.78, 5) is 16.7. The third-order valence-corrected chi connectivity index (χ3v) is 5.09. The number of thiazole rings is 1. The summed E-state index contributed by atoms with van der Waals surface area (Å²) in [5.74, 6) is -0.942. The maximum atomic E-state index is 13.8. The molecule has 150 valence electrons. The zero-order valence-electron chi connectivity index (χ0n) is 15.8. The van der Waals surface area contributed by atoms with Crippen molar-refractivity contribution in [2.45, 2.75) is 0 Å². The number of halogens is 1. The maximum Gasteiger partial charge on any atom is 0.346 e. The molecular formula is C22H16FN3O3S. The second-order valence-corrected chi connectivity index (χ2v) is 7.17. The Bertz CT molecular complexity index is 1210. The van der Waals surface area contributed by atoms with Crippen molar-refractivity contribution in [3.63, 3.8) is 0 Å². The van der Waals surface area contributed by atoms with Gasteiger partial charge in [0.1, 0.15) is 5.82 Å². The van der Waals surface area contributed by atoms with E-state index in [2.05, 4.69) is 15.5 Å². The van der Waals surface area contributed by atoms with E-state index in [0.29, 0.717) is 16.4 Å². The van der Waals surface area contributed by atoms with Gasteiger partial charge in [-0.3, -0.25) is 5.43 Å². The second kappa shape index (κ2) is 8.71. The first-order valence-corrected chi connectivity index (χ1v) is 9.75. The molecule has 1 N–H and O–H groups in total. The molecule has 3 aromatic carbocycles. The zero-order valence-corrected chi connectivity index (χ0v) is 16.7. The van der Waals surface area contributed by atoms with E-state index in [1.54, 1.807) is 30.5 Å². The quantitative estimate of drug-likeness (QED) is 0.203. The summed E-state index contributed by atoms with van der Waals surface area (Å²) in [7, 11) is 1.45. The summed E-state index contributed by atoms with van der Waals surface area (Å²) in [5, 5.41) is 4.87. The summed E-state index contributed by atoms with van der Waals surface area (Å²) < 4.78 is 25.4. The minimum absolute atomic E-state index is 0.148. The predicted molar refractivity (Wildman–Crippen MR) is 115 cm³/mol. The monoisotopic (exact) mass is 421 g/mol. The highest BCUT2D eigenvalue weighted by molar-refractivity contribution is 7.22. The molecule has 0 aliphatic rings. The van der Waals surface area contributed by atoms with Crippen LogP contribution < -0.4 is 14.9 Å². The van der Waals surface area contributed by atoms with Crippen LogP contribution in [0.15, 0.2) is 71.8 Å². The largest absolute Gasteiger partial charge is 0.493 e. The lowest BCUT2D eigenvalue weighted by molar-refractivity contribution is 0.0725. The lowest BCUT2D eigenvalue weighted by atomic mass is 10.2. The molecule has 4 rings (SSSR count). The molecule has 8 heteroatoms. The van der Waals surface area contributed by atoms with E-state index in [1.807, 2.05) is 24.3 Å². The molecule has 30 heavy (non-hydrogen) atoms. The summed E-state index contributed by atoms with van der Waals surface area (Å²) in [6.45, 7) is 0. The van der Waals surface area contributed by atoms with E-state index < -0.39 is 11.8 Å². The van der Waals surface area contributed by atoms with Crippen LogP contribution in [0.25, 0.3) is 10.2 Å². The van der Waals surface area contributed by atoms with Crippen molar-refractivity contribution in [2.75, 3.05) is 12.5 Å². The number of carbonyl (C=O) groups is 1. The number of methoxy groups -OCH3 is 1. The molecule has 0 saturated carbocycles.